The Labute approximate surface area is 129 Å². The number of hydrogen-bond acceptors (Lipinski definition) is 3. The van der Waals surface area contributed by atoms with Crippen LogP contribution in [0.5, 0.6) is 0 Å². The van der Waals surface area contributed by atoms with Crippen LogP contribution in [0.2, 0.25) is 0 Å². The molecule has 1 aromatic heterocycles. The van der Waals surface area contributed by atoms with E-state index in [4.69, 9.17) is 0 Å². The van der Waals surface area contributed by atoms with E-state index in [1.165, 1.54) is 0 Å². The molecule has 0 aliphatic heterocycles. The highest BCUT2D eigenvalue weighted by atomic mass is 19.4. The summed E-state index contributed by atoms with van der Waals surface area (Å²) in [5.41, 5.74) is 1.07. The summed E-state index contributed by atoms with van der Waals surface area (Å²) in [6, 6.07) is 0.0551. The summed E-state index contributed by atoms with van der Waals surface area (Å²) in [4.78, 5) is 2.06. The molecular formula is C15H25F3N4. The fourth-order valence-electron chi connectivity index (χ4n) is 3.16. The van der Waals surface area contributed by atoms with Crippen molar-refractivity contribution < 1.29 is 13.2 Å². The standard InChI is InChI=1S/C15H25F3N4/c1-21(2)14(11-8-20-22(3)10-11)9-19-13-6-4-5-12(7-13)15(16,17)18/h8,10,12-14,19H,4-7,9H2,1-3H3/t12-,13-,14-/m1/s1. The van der Waals surface area contributed by atoms with Gasteiger partial charge in [0.25, 0.3) is 0 Å². The quantitative estimate of drug-likeness (QED) is 0.906. The topological polar surface area (TPSA) is 33.1 Å². The van der Waals surface area contributed by atoms with Gasteiger partial charge >= 0.3 is 6.18 Å². The fourth-order valence-corrected chi connectivity index (χ4v) is 3.16. The number of nitrogens with zero attached hydrogens (tertiary/aromatic N) is 3. The third-order valence-electron chi connectivity index (χ3n) is 4.47. The van der Waals surface area contributed by atoms with Crippen molar-refractivity contribution in [2.45, 2.75) is 43.9 Å². The Morgan fingerprint density at radius 2 is 2.14 bits per heavy atom. The lowest BCUT2D eigenvalue weighted by Gasteiger charge is -2.33. The van der Waals surface area contributed by atoms with Gasteiger partial charge in [-0.2, -0.15) is 18.3 Å². The average Bonchev–Trinajstić information content (AvgIpc) is 2.84. The van der Waals surface area contributed by atoms with Crippen molar-refractivity contribution in [3.05, 3.63) is 18.0 Å². The summed E-state index contributed by atoms with van der Waals surface area (Å²) in [5.74, 6) is -1.16. The predicted molar refractivity (Wildman–Crippen MR) is 79.4 cm³/mol. The first-order valence-corrected chi connectivity index (χ1v) is 7.72. The second-order valence-corrected chi connectivity index (χ2v) is 6.44. The summed E-state index contributed by atoms with van der Waals surface area (Å²) in [6.07, 6.45) is 1.61. The third-order valence-corrected chi connectivity index (χ3v) is 4.47. The second-order valence-electron chi connectivity index (χ2n) is 6.44. The molecule has 2 rings (SSSR count). The van der Waals surface area contributed by atoms with Crippen LogP contribution in [0.15, 0.2) is 12.4 Å². The van der Waals surface area contributed by atoms with Crippen LogP contribution in [0, 0.1) is 5.92 Å². The van der Waals surface area contributed by atoms with Crippen LogP contribution in [0.3, 0.4) is 0 Å². The first-order valence-electron chi connectivity index (χ1n) is 7.72. The lowest BCUT2D eigenvalue weighted by atomic mass is 9.85. The van der Waals surface area contributed by atoms with E-state index < -0.39 is 12.1 Å². The molecule has 3 atom stereocenters. The van der Waals surface area contributed by atoms with E-state index in [9.17, 15) is 13.2 Å². The molecule has 7 heteroatoms. The summed E-state index contributed by atoms with van der Waals surface area (Å²) in [5, 5.41) is 7.51. The van der Waals surface area contributed by atoms with Crippen molar-refractivity contribution in [1.29, 1.82) is 0 Å². The molecule has 1 N–H and O–H groups in total. The van der Waals surface area contributed by atoms with Gasteiger partial charge in [-0.3, -0.25) is 4.68 Å². The number of aryl methyl sites for hydroxylation is 1. The van der Waals surface area contributed by atoms with E-state index in [1.807, 2.05) is 33.5 Å². The van der Waals surface area contributed by atoms with Crippen molar-refractivity contribution in [1.82, 2.24) is 20.0 Å². The maximum Gasteiger partial charge on any atom is 0.391 e. The minimum Gasteiger partial charge on any atom is -0.312 e. The van der Waals surface area contributed by atoms with Crippen molar-refractivity contribution in [2.24, 2.45) is 13.0 Å². The van der Waals surface area contributed by atoms with Crippen molar-refractivity contribution >= 4 is 0 Å². The minimum atomic E-state index is -4.06. The van der Waals surface area contributed by atoms with Crippen molar-refractivity contribution in [3.8, 4) is 0 Å². The Morgan fingerprint density at radius 3 is 2.68 bits per heavy atom. The van der Waals surface area contributed by atoms with Crippen LogP contribution in [-0.4, -0.2) is 47.5 Å². The smallest absolute Gasteiger partial charge is 0.312 e. The minimum absolute atomic E-state index is 0.0560. The first kappa shape index (κ1) is 17.3. The van der Waals surface area contributed by atoms with Crippen molar-refractivity contribution in [2.75, 3.05) is 20.6 Å². The summed E-state index contributed by atoms with van der Waals surface area (Å²) in [6.45, 7) is 0.633. The van der Waals surface area contributed by atoms with E-state index >= 15 is 0 Å². The molecule has 4 nitrogen and oxygen atoms in total. The number of hydrogen-bond donors (Lipinski definition) is 1. The number of alkyl halides is 3. The van der Waals surface area contributed by atoms with Gasteiger partial charge in [0.15, 0.2) is 0 Å². The van der Waals surface area contributed by atoms with E-state index in [0.717, 1.165) is 12.0 Å². The highest BCUT2D eigenvalue weighted by Crippen LogP contribution is 2.37. The molecule has 0 spiro atoms. The Morgan fingerprint density at radius 1 is 1.41 bits per heavy atom. The summed E-state index contributed by atoms with van der Waals surface area (Å²) < 4.78 is 40.3. The van der Waals surface area contributed by atoms with Crippen LogP contribution in [0.25, 0.3) is 0 Å². The summed E-state index contributed by atoms with van der Waals surface area (Å²) in [7, 11) is 5.80. The second kappa shape index (κ2) is 7.00. The number of aromatic nitrogens is 2. The van der Waals surface area contributed by atoms with Gasteiger partial charge in [0.05, 0.1) is 12.1 Å². The molecule has 1 heterocycles. The molecule has 0 amide bonds. The van der Waals surface area contributed by atoms with Gasteiger partial charge in [-0.05, 0) is 33.4 Å². The van der Waals surface area contributed by atoms with Gasteiger partial charge < -0.3 is 10.2 Å². The zero-order valence-corrected chi connectivity index (χ0v) is 13.4. The number of likely N-dealkylation sites (N-methyl/N-ethyl adjacent to an activating group) is 1. The van der Waals surface area contributed by atoms with E-state index in [2.05, 4.69) is 15.3 Å². The highest BCUT2D eigenvalue weighted by molar-refractivity contribution is 5.11. The maximum absolute atomic E-state index is 12.9. The van der Waals surface area contributed by atoms with Crippen LogP contribution >= 0.6 is 0 Å². The van der Waals surface area contributed by atoms with Crippen LogP contribution in [-0.2, 0) is 7.05 Å². The zero-order chi connectivity index (χ0) is 16.3. The molecule has 22 heavy (non-hydrogen) atoms. The molecule has 0 saturated heterocycles. The first-order chi connectivity index (χ1) is 10.3. The normalized spacial score (nSPS) is 24.7. The van der Waals surface area contributed by atoms with Crippen LogP contribution in [0.4, 0.5) is 13.2 Å². The van der Waals surface area contributed by atoms with Gasteiger partial charge in [0.2, 0.25) is 0 Å². The van der Waals surface area contributed by atoms with Crippen LogP contribution < -0.4 is 5.32 Å². The Bertz CT molecular complexity index is 470. The molecular weight excluding hydrogens is 293 g/mol. The Kier molecular flexibility index (Phi) is 5.50. The molecule has 1 aliphatic carbocycles. The third kappa shape index (κ3) is 4.46. The molecule has 1 saturated carbocycles. The largest absolute Gasteiger partial charge is 0.391 e. The van der Waals surface area contributed by atoms with E-state index in [-0.39, 0.29) is 24.9 Å². The number of nitrogens with one attached hydrogen (secondary N) is 1. The Balaban J connectivity index is 1.92. The van der Waals surface area contributed by atoms with Gasteiger partial charge in [0.1, 0.15) is 0 Å². The molecule has 1 fully saturated rings. The SMILES string of the molecule is CN(C)[C@H](CN[C@@H]1CCC[C@@H](C(F)(F)F)C1)c1cnn(C)c1. The van der Waals surface area contributed by atoms with Crippen molar-refractivity contribution in [3.63, 3.8) is 0 Å². The average molecular weight is 318 g/mol. The molecule has 0 bridgehead atoms. The number of halogens is 3. The lowest BCUT2D eigenvalue weighted by Crippen LogP contribution is -2.42. The molecule has 0 radical (unpaired) electrons. The van der Waals surface area contributed by atoms with Gasteiger partial charge in [-0.1, -0.05) is 6.42 Å². The summed E-state index contributed by atoms with van der Waals surface area (Å²) >= 11 is 0. The predicted octanol–water partition coefficient (Wildman–Crippen LogP) is 2.73. The Hall–Kier alpha value is -1.08. The maximum atomic E-state index is 12.9. The van der Waals surface area contributed by atoms with Crippen LogP contribution in [0.1, 0.15) is 37.3 Å². The molecule has 1 aliphatic rings. The number of rotatable bonds is 5. The van der Waals surface area contributed by atoms with Gasteiger partial charge in [0, 0.05) is 37.4 Å². The lowest BCUT2D eigenvalue weighted by molar-refractivity contribution is -0.183. The monoisotopic (exact) mass is 318 g/mol. The van der Waals surface area contributed by atoms with E-state index in [0.29, 0.717) is 13.0 Å². The van der Waals surface area contributed by atoms with Gasteiger partial charge in [-0.25, -0.2) is 0 Å². The van der Waals surface area contributed by atoms with Gasteiger partial charge in [-0.15, -0.1) is 0 Å². The van der Waals surface area contributed by atoms with E-state index in [1.54, 1.807) is 4.68 Å². The zero-order valence-electron chi connectivity index (χ0n) is 13.4. The highest BCUT2D eigenvalue weighted by Gasteiger charge is 2.42. The molecule has 0 aromatic carbocycles. The molecule has 126 valence electrons. The molecule has 0 unspecified atom stereocenters. The molecule has 1 aromatic rings. The fraction of sp³-hybridized carbons (Fsp3) is 0.800.